The van der Waals surface area contributed by atoms with Crippen LogP contribution in [0.3, 0.4) is 0 Å². The van der Waals surface area contributed by atoms with E-state index in [4.69, 9.17) is 9.84 Å². The first kappa shape index (κ1) is 15.5. The van der Waals surface area contributed by atoms with E-state index in [0.717, 1.165) is 6.42 Å². The number of likely N-dealkylation sites (N-methyl/N-ethyl adjacent to an activating group) is 1. The van der Waals surface area contributed by atoms with Gasteiger partial charge < -0.3 is 14.7 Å². The average molecular weight is 287 g/mol. The van der Waals surface area contributed by atoms with Crippen molar-refractivity contribution in [2.24, 2.45) is 0 Å². The lowest BCUT2D eigenvalue weighted by molar-refractivity contribution is -0.135. The molecule has 0 saturated heterocycles. The Bertz CT molecular complexity index is 592. The quantitative estimate of drug-likeness (QED) is 0.791. The molecule has 112 valence electrons. The molecule has 2 rings (SSSR count). The van der Waals surface area contributed by atoms with Crippen LogP contribution in [0.1, 0.15) is 5.56 Å². The number of aliphatic hydroxyl groups excluding tert-OH is 1. The maximum absolute atomic E-state index is 11.6. The Morgan fingerprint density at radius 3 is 2.76 bits per heavy atom. The number of carbonyl (C=O) groups excluding carboxylic acids is 1. The normalized spacial score (nSPS) is 10.8. The maximum Gasteiger partial charge on any atom is 0.248 e. The van der Waals surface area contributed by atoms with Crippen LogP contribution in [-0.2, 0) is 16.0 Å². The molecule has 0 aliphatic carbocycles. The van der Waals surface area contributed by atoms with Crippen molar-refractivity contribution in [3.63, 3.8) is 0 Å². The summed E-state index contributed by atoms with van der Waals surface area (Å²) in [5.41, 5.74) is 1.23. The Hall–Kier alpha value is -1.91. The Morgan fingerprint density at radius 1 is 1.19 bits per heavy atom. The largest absolute Gasteiger partial charge is 0.395 e. The van der Waals surface area contributed by atoms with Crippen LogP contribution < -0.4 is 0 Å². The van der Waals surface area contributed by atoms with E-state index in [0.29, 0.717) is 13.2 Å². The van der Waals surface area contributed by atoms with Crippen molar-refractivity contribution in [3.8, 4) is 0 Å². The van der Waals surface area contributed by atoms with Crippen molar-refractivity contribution in [2.75, 3.05) is 33.4 Å². The first-order valence-corrected chi connectivity index (χ1v) is 7.11. The van der Waals surface area contributed by atoms with E-state index in [1.54, 1.807) is 7.05 Å². The molecule has 2 aromatic rings. The van der Waals surface area contributed by atoms with Crippen molar-refractivity contribution in [2.45, 2.75) is 6.42 Å². The Labute approximate surface area is 124 Å². The van der Waals surface area contributed by atoms with E-state index in [9.17, 15) is 4.79 Å². The highest BCUT2D eigenvalue weighted by molar-refractivity contribution is 5.85. The number of ether oxygens (including phenoxy) is 1. The summed E-state index contributed by atoms with van der Waals surface area (Å²) < 4.78 is 5.44. The summed E-state index contributed by atoms with van der Waals surface area (Å²) >= 11 is 0. The number of fused-ring (bicyclic) bond motifs is 1. The highest BCUT2D eigenvalue weighted by Gasteiger charge is 2.08. The summed E-state index contributed by atoms with van der Waals surface area (Å²) in [6.45, 7) is 0.873. The molecule has 0 aliphatic heterocycles. The molecule has 0 radical (unpaired) electrons. The van der Waals surface area contributed by atoms with Crippen molar-refractivity contribution < 1.29 is 14.6 Å². The van der Waals surface area contributed by atoms with E-state index in [1.165, 1.54) is 21.2 Å². The molecular weight excluding hydrogens is 266 g/mol. The highest BCUT2D eigenvalue weighted by Crippen LogP contribution is 2.18. The molecule has 1 N–H and O–H groups in total. The molecule has 4 heteroatoms. The highest BCUT2D eigenvalue weighted by atomic mass is 16.5. The molecule has 0 fully saturated rings. The summed E-state index contributed by atoms with van der Waals surface area (Å²) in [6.07, 6.45) is 0.776. The first-order valence-electron chi connectivity index (χ1n) is 7.11. The number of hydrogen-bond acceptors (Lipinski definition) is 3. The molecule has 0 unspecified atom stereocenters. The van der Waals surface area contributed by atoms with Gasteiger partial charge in [-0.25, -0.2) is 0 Å². The third-order valence-electron chi connectivity index (χ3n) is 3.48. The van der Waals surface area contributed by atoms with Gasteiger partial charge in [0.25, 0.3) is 0 Å². The van der Waals surface area contributed by atoms with Crippen LogP contribution in [0.25, 0.3) is 10.8 Å². The minimum absolute atomic E-state index is 0.0295. The van der Waals surface area contributed by atoms with E-state index in [1.807, 2.05) is 18.2 Å². The number of benzene rings is 2. The number of carbonyl (C=O) groups is 1. The third-order valence-corrected chi connectivity index (χ3v) is 3.48. The van der Waals surface area contributed by atoms with Crippen LogP contribution in [0.15, 0.2) is 42.5 Å². The van der Waals surface area contributed by atoms with Gasteiger partial charge in [-0.15, -0.1) is 0 Å². The molecule has 2 aromatic carbocycles. The number of hydrogen-bond donors (Lipinski definition) is 1. The minimum Gasteiger partial charge on any atom is -0.395 e. The van der Waals surface area contributed by atoms with Gasteiger partial charge in [0.05, 0.1) is 13.2 Å². The Balaban J connectivity index is 1.84. The Kier molecular flexibility index (Phi) is 5.72. The first-order chi connectivity index (χ1) is 10.2. The van der Waals surface area contributed by atoms with E-state index < -0.39 is 0 Å². The lowest BCUT2D eigenvalue weighted by Gasteiger charge is -2.15. The number of aliphatic hydroxyl groups is 1. The SMILES string of the molecule is CN(CCO)C(=O)COCCc1cccc2ccccc12. The van der Waals surface area contributed by atoms with Crippen LogP contribution >= 0.6 is 0 Å². The fraction of sp³-hybridized carbons (Fsp3) is 0.353. The zero-order chi connectivity index (χ0) is 15.1. The molecule has 0 heterocycles. The molecule has 0 atom stereocenters. The van der Waals surface area contributed by atoms with Crippen LogP contribution in [-0.4, -0.2) is 49.3 Å². The predicted octanol–water partition coefficient (Wildman–Crippen LogP) is 1.85. The van der Waals surface area contributed by atoms with Crippen molar-refractivity contribution in [1.82, 2.24) is 4.90 Å². The second-order valence-electron chi connectivity index (χ2n) is 4.98. The standard InChI is InChI=1S/C17H21NO3/c1-18(10-11-19)17(20)13-21-12-9-15-7-4-6-14-5-2-3-8-16(14)15/h2-8,19H,9-13H2,1H3. The zero-order valence-corrected chi connectivity index (χ0v) is 12.3. The summed E-state index contributed by atoms with van der Waals surface area (Å²) in [4.78, 5) is 13.1. The van der Waals surface area contributed by atoms with Gasteiger partial charge in [0.1, 0.15) is 6.61 Å². The molecule has 21 heavy (non-hydrogen) atoms. The number of amides is 1. The Morgan fingerprint density at radius 2 is 1.95 bits per heavy atom. The van der Waals surface area contributed by atoms with Crippen molar-refractivity contribution >= 4 is 16.7 Å². The van der Waals surface area contributed by atoms with E-state index in [2.05, 4.69) is 24.3 Å². The predicted molar refractivity (Wildman–Crippen MR) is 83.2 cm³/mol. The van der Waals surface area contributed by atoms with Gasteiger partial charge in [0.15, 0.2) is 0 Å². The fourth-order valence-electron chi connectivity index (χ4n) is 2.24. The molecule has 0 saturated carbocycles. The average Bonchev–Trinajstić information content (AvgIpc) is 2.51. The molecule has 0 aromatic heterocycles. The lowest BCUT2D eigenvalue weighted by Crippen LogP contribution is -2.32. The summed E-state index contributed by atoms with van der Waals surface area (Å²) in [6, 6.07) is 14.5. The van der Waals surface area contributed by atoms with Gasteiger partial charge >= 0.3 is 0 Å². The minimum atomic E-state index is -0.109. The maximum atomic E-state index is 11.6. The van der Waals surface area contributed by atoms with Gasteiger partial charge in [-0.3, -0.25) is 4.79 Å². The van der Waals surface area contributed by atoms with Gasteiger partial charge in [0.2, 0.25) is 5.91 Å². The molecule has 1 amide bonds. The van der Waals surface area contributed by atoms with Gasteiger partial charge in [-0.05, 0) is 22.8 Å². The molecule has 0 spiro atoms. The smallest absolute Gasteiger partial charge is 0.248 e. The lowest BCUT2D eigenvalue weighted by atomic mass is 10.0. The third kappa shape index (κ3) is 4.28. The van der Waals surface area contributed by atoms with Crippen molar-refractivity contribution in [3.05, 3.63) is 48.0 Å². The molecule has 0 aliphatic rings. The zero-order valence-electron chi connectivity index (χ0n) is 12.3. The molecule has 4 nitrogen and oxygen atoms in total. The fourth-order valence-corrected chi connectivity index (χ4v) is 2.24. The topological polar surface area (TPSA) is 49.8 Å². The van der Waals surface area contributed by atoms with Gasteiger partial charge in [-0.2, -0.15) is 0 Å². The van der Waals surface area contributed by atoms with Crippen LogP contribution in [0.4, 0.5) is 0 Å². The second-order valence-corrected chi connectivity index (χ2v) is 4.98. The molecule has 0 bridgehead atoms. The second kappa shape index (κ2) is 7.76. The number of rotatable bonds is 7. The van der Waals surface area contributed by atoms with Crippen molar-refractivity contribution in [1.29, 1.82) is 0 Å². The monoisotopic (exact) mass is 287 g/mol. The van der Waals surface area contributed by atoms with Crippen LogP contribution in [0.5, 0.6) is 0 Å². The summed E-state index contributed by atoms with van der Waals surface area (Å²) in [7, 11) is 1.66. The van der Waals surface area contributed by atoms with Crippen LogP contribution in [0.2, 0.25) is 0 Å². The van der Waals surface area contributed by atoms with Crippen LogP contribution in [0, 0.1) is 0 Å². The summed E-state index contributed by atoms with van der Waals surface area (Å²) in [5.74, 6) is -0.109. The van der Waals surface area contributed by atoms with E-state index in [-0.39, 0.29) is 19.1 Å². The molecular formula is C17H21NO3. The van der Waals surface area contributed by atoms with Gasteiger partial charge in [0, 0.05) is 13.6 Å². The summed E-state index contributed by atoms with van der Waals surface area (Å²) in [5, 5.41) is 11.2. The number of nitrogens with zero attached hydrogens (tertiary/aromatic N) is 1. The van der Waals surface area contributed by atoms with E-state index >= 15 is 0 Å². The van der Waals surface area contributed by atoms with Gasteiger partial charge in [-0.1, -0.05) is 42.5 Å².